The number of hydrogen-bond donors (Lipinski definition) is 1. The number of amides is 1. The van der Waals surface area contributed by atoms with Gasteiger partial charge in [0.05, 0.1) is 28.8 Å². The lowest BCUT2D eigenvalue weighted by Crippen LogP contribution is -2.31. The summed E-state index contributed by atoms with van der Waals surface area (Å²) in [5, 5.41) is 3.37. The van der Waals surface area contributed by atoms with Crippen LogP contribution in [0.4, 0.5) is 13.2 Å². The maximum Gasteiger partial charge on any atom is 0.418 e. The normalized spacial score (nSPS) is 11.6. The molecule has 0 radical (unpaired) electrons. The van der Waals surface area contributed by atoms with Crippen molar-refractivity contribution in [3.63, 3.8) is 0 Å². The first-order valence-electron chi connectivity index (χ1n) is 11.2. The van der Waals surface area contributed by atoms with Crippen LogP contribution < -0.4 is 5.32 Å². The van der Waals surface area contributed by atoms with E-state index in [-0.39, 0.29) is 11.6 Å². The van der Waals surface area contributed by atoms with Crippen molar-refractivity contribution in [3.8, 4) is 28.2 Å². The second-order valence-corrected chi connectivity index (χ2v) is 8.91. The van der Waals surface area contributed by atoms with E-state index in [9.17, 15) is 18.0 Å². The molecule has 2 aromatic carbocycles. The van der Waals surface area contributed by atoms with E-state index in [1.54, 1.807) is 60.7 Å². The second kappa shape index (κ2) is 10.6. The molecule has 5 nitrogen and oxygen atoms in total. The van der Waals surface area contributed by atoms with Gasteiger partial charge in [0.2, 0.25) is 0 Å². The Morgan fingerprint density at radius 1 is 0.944 bits per heavy atom. The predicted molar refractivity (Wildman–Crippen MR) is 135 cm³/mol. The number of hydrogen-bond acceptors (Lipinski definition) is 3. The molecule has 2 aromatic heterocycles. The summed E-state index contributed by atoms with van der Waals surface area (Å²) in [7, 11) is 3.83. The molecule has 4 aromatic rings. The highest BCUT2D eigenvalue weighted by atomic mass is 35.5. The molecule has 0 spiro atoms. The van der Waals surface area contributed by atoms with Gasteiger partial charge < -0.3 is 14.8 Å². The Labute approximate surface area is 212 Å². The summed E-state index contributed by atoms with van der Waals surface area (Å²) in [6.45, 7) is 1.21. The van der Waals surface area contributed by atoms with Gasteiger partial charge in [-0.2, -0.15) is 13.2 Å². The van der Waals surface area contributed by atoms with Crippen molar-refractivity contribution >= 4 is 17.5 Å². The van der Waals surface area contributed by atoms with Gasteiger partial charge in [-0.15, -0.1) is 0 Å². The lowest BCUT2D eigenvalue weighted by molar-refractivity contribution is -0.137. The highest BCUT2D eigenvalue weighted by Crippen LogP contribution is 2.39. The molecular formula is C27H24ClF3N4O. The largest absolute Gasteiger partial charge is 0.418 e. The molecule has 0 saturated carbocycles. The fourth-order valence-corrected chi connectivity index (χ4v) is 3.99. The molecule has 0 saturated heterocycles. The van der Waals surface area contributed by atoms with Gasteiger partial charge in [0.25, 0.3) is 5.91 Å². The van der Waals surface area contributed by atoms with Crippen LogP contribution in [0.1, 0.15) is 15.9 Å². The molecular weight excluding hydrogens is 489 g/mol. The number of carbonyl (C=O) groups is 1. The molecule has 0 atom stereocenters. The zero-order valence-electron chi connectivity index (χ0n) is 19.7. The molecule has 0 aliphatic rings. The molecule has 2 heterocycles. The van der Waals surface area contributed by atoms with Crippen LogP contribution in [0.3, 0.4) is 0 Å². The van der Waals surface area contributed by atoms with Gasteiger partial charge in [0, 0.05) is 29.9 Å². The highest BCUT2D eigenvalue weighted by Gasteiger charge is 2.35. The van der Waals surface area contributed by atoms with Crippen LogP contribution in [0.15, 0.2) is 79.1 Å². The number of likely N-dealkylation sites (N-methyl/N-ethyl adjacent to an activating group) is 1. The Hall–Kier alpha value is -3.62. The number of rotatable bonds is 7. The maximum absolute atomic E-state index is 13.9. The van der Waals surface area contributed by atoms with Gasteiger partial charge >= 0.3 is 6.18 Å². The first-order chi connectivity index (χ1) is 17.1. The highest BCUT2D eigenvalue weighted by molar-refractivity contribution is 6.30. The third kappa shape index (κ3) is 5.61. The summed E-state index contributed by atoms with van der Waals surface area (Å²) in [6, 6.07) is 18.1. The number of nitrogens with one attached hydrogen (secondary N) is 1. The van der Waals surface area contributed by atoms with E-state index in [2.05, 4.69) is 10.3 Å². The molecule has 1 amide bonds. The van der Waals surface area contributed by atoms with Gasteiger partial charge in [-0.1, -0.05) is 35.9 Å². The number of alkyl halides is 3. The van der Waals surface area contributed by atoms with Crippen LogP contribution in [0.2, 0.25) is 5.02 Å². The maximum atomic E-state index is 13.9. The molecule has 36 heavy (non-hydrogen) atoms. The Morgan fingerprint density at radius 2 is 1.53 bits per heavy atom. The summed E-state index contributed by atoms with van der Waals surface area (Å²) < 4.78 is 43.4. The molecule has 9 heteroatoms. The first kappa shape index (κ1) is 25.5. The molecule has 0 aliphatic carbocycles. The number of halogens is 4. The first-order valence-corrected chi connectivity index (χ1v) is 11.6. The van der Waals surface area contributed by atoms with E-state index in [1.807, 2.05) is 19.0 Å². The summed E-state index contributed by atoms with van der Waals surface area (Å²) >= 11 is 6.03. The minimum absolute atomic E-state index is 0.0968. The molecule has 186 valence electrons. The summed E-state index contributed by atoms with van der Waals surface area (Å²) in [6.07, 6.45) is -2.24. The fraction of sp³-hybridized carbons (Fsp3) is 0.185. The van der Waals surface area contributed by atoms with Crippen molar-refractivity contribution in [3.05, 3.63) is 95.3 Å². The van der Waals surface area contributed by atoms with E-state index in [0.29, 0.717) is 46.2 Å². The fourth-order valence-electron chi connectivity index (χ4n) is 3.86. The third-order valence-electron chi connectivity index (χ3n) is 5.65. The van der Waals surface area contributed by atoms with E-state index in [4.69, 9.17) is 11.6 Å². The van der Waals surface area contributed by atoms with E-state index in [0.717, 1.165) is 12.3 Å². The second-order valence-electron chi connectivity index (χ2n) is 8.47. The molecule has 4 rings (SSSR count). The van der Waals surface area contributed by atoms with E-state index < -0.39 is 11.7 Å². The van der Waals surface area contributed by atoms with Crippen LogP contribution in [0.5, 0.6) is 0 Å². The standard InChI is InChI=1S/C27H24ClF3N4O/c1-34(2)16-15-33-26(36)20-5-3-18(4-6-20)23-11-12-24(19-7-9-21(28)10-8-19)35(23)25-17-32-14-13-22(25)27(29,30)31/h3-14,17H,15-16H2,1-2H3,(H,33,36). The van der Waals surface area contributed by atoms with Gasteiger partial charge in [-0.25, -0.2) is 0 Å². The SMILES string of the molecule is CN(C)CCNC(=O)c1ccc(-c2ccc(-c3ccc(Cl)cc3)n2-c2cnccc2C(F)(F)F)cc1. The van der Waals surface area contributed by atoms with Crippen LogP contribution in [-0.2, 0) is 6.18 Å². The molecule has 0 fully saturated rings. The van der Waals surface area contributed by atoms with Crippen LogP contribution in [0, 0.1) is 0 Å². The minimum Gasteiger partial charge on any atom is -0.351 e. The van der Waals surface area contributed by atoms with Crippen molar-refractivity contribution in [1.29, 1.82) is 0 Å². The Morgan fingerprint density at radius 3 is 2.08 bits per heavy atom. The van der Waals surface area contributed by atoms with Crippen molar-refractivity contribution < 1.29 is 18.0 Å². The van der Waals surface area contributed by atoms with Gasteiger partial charge in [0.15, 0.2) is 0 Å². The number of nitrogens with zero attached hydrogens (tertiary/aromatic N) is 3. The number of carbonyl (C=O) groups excluding carboxylic acids is 1. The Balaban J connectivity index is 1.79. The van der Waals surface area contributed by atoms with Crippen LogP contribution >= 0.6 is 11.6 Å². The zero-order chi connectivity index (χ0) is 25.9. The molecule has 0 bridgehead atoms. The van der Waals surface area contributed by atoms with E-state index >= 15 is 0 Å². The average molecular weight is 513 g/mol. The monoisotopic (exact) mass is 512 g/mol. The van der Waals surface area contributed by atoms with Crippen molar-refractivity contribution in [1.82, 2.24) is 19.8 Å². The van der Waals surface area contributed by atoms with Gasteiger partial charge in [-0.3, -0.25) is 9.78 Å². The number of pyridine rings is 1. The summed E-state index contributed by atoms with van der Waals surface area (Å²) in [5.41, 5.74) is 1.98. The molecule has 0 unspecified atom stereocenters. The third-order valence-corrected chi connectivity index (χ3v) is 5.91. The molecule has 1 N–H and O–H groups in total. The van der Waals surface area contributed by atoms with Crippen molar-refractivity contribution in [2.45, 2.75) is 6.18 Å². The van der Waals surface area contributed by atoms with E-state index in [1.165, 1.54) is 10.8 Å². The van der Waals surface area contributed by atoms with Gasteiger partial charge in [0.1, 0.15) is 0 Å². The quantitative estimate of drug-likeness (QED) is 0.322. The number of aromatic nitrogens is 2. The van der Waals surface area contributed by atoms with Crippen molar-refractivity contribution in [2.75, 3.05) is 27.2 Å². The van der Waals surface area contributed by atoms with Crippen molar-refractivity contribution in [2.24, 2.45) is 0 Å². The predicted octanol–water partition coefficient (Wildman–Crippen LogP) is 6.17. The van der Waals surface area contributed by atoms with Gasteiger partial charge in [-0.05, 0) is 67.7 Å². The Kier molecular flexibility index (Phi) is 7.47. The lowest BCUT2D eigenvalue weighted by Gasteiger charge is -2.19. The molecule has 0 aliphatic heterocycles. The zero-order valence-corrected chi connectivity index (χ0v) is 20.4. The Bertz CT molecular complexity index is 1350. The summed E-state index contributed by atoms with van der Waals surface area (Å²) in [4.78, 5) is 18.4. The lowest BCUT2D eigenvalue weighted by atomic mass is 10.1. The minimum atomic E-state index is -4.58. The number of benzene rings is 2. The summed E-state index contributed by atoms with van der Waals surface area (Å²) in [5.74, 6) is -0.216. The topological polar surface area (TPSA) is 50.2 Å². The smallest absolute Gasteiger partial charge is 0.351 e. The van der Waals surface area contributed by atoms with Crippen LogP contribution in [-0.4, -0.2) is 47.5 Å². The average Bonchev–Trinajstić information content (AvgIpc) is 3.29. The van der Waals surface area contributed by atoms with Crippen LogP contribution in [0.25, 0.3) is 28.2 Å².